The normalized spacial score (nSPS) is 9.86. The Morgan fingerprint density at radius 2 is 1.86 bits per heavy atom. The van der Waals surface area contributed by atoms with E-state index >= 15 is 0 Å². The molecule has 152 valence electrons. The monoisotopic (exact) mass is 400 g/mol. The Morgan fingerprint density at radius 3 is 2.52 bits per heavy atom. The highest BCUT2D eigenvalue weighted by atomic mass is 16.6. The summed E-state index contributed by atoms with van der Waals surface area (Å²) in [6.45, 7) is 3.67. The topological polar surface area (TPSA) is 132 Å². The van der Waals surface area contributed by atoms with Crippen LogP contribution in [0.2, 0.25) is 0 Å². The van der Waals surface area contributed by atoms with Gasteiger partial charge >= 0.3 is 0 Å². The highest BCUT2D eigenvalue weighted by molar-refractivity contribution is 5.97. The van der Waals surface area contributed by atoms with E-state index in [2.05, 4.69) is 22.7 Å². The van der Waals surface area contributed by atoms with E-state index < -0.39 is 16.7 Å². The molecule has 0 heterocycles. The van der Waals surface area contributed by atoms with Gasteiger partial charge in [-0.05, 0) is 18.2 Å². The van der Waals surface area contributed by atoms with Gasteiger partial charge in [0.05, 0.1) is 31.1 Å². The van der Waals surface area contributed by atoms with Crippen LogP contribution in [0.25, 0.3) is 0 Å². The van der Waals surface area contributed by atoms with Crippen molar-refractivity contribution in [3.8, 4) is 11.5 Å². The summed E-state index contributed by atoms with van der Waals surface area (Å²) in [7, 11) is 2.93. The van der Waals surface area contributed by atoms with Crippen molar-refractivity contribution < 1.29 is 24.0 Å². The second-order valence-electron chi connectivity index (χ2n) is 5.78. The first-order valence-electron chi connectivity index (χ1n) is 8.34. The van der Waals surface area contributed by atoms with Crippen LogP contribution in [0.5, 0.6) is 11.5 Å². The summed E-state index contributed by atoms with van der Waals surface area (Å²) in [6.07, 6.45) is -0.164. The molecule has 0 radical (unpaired) electrons. The van der Waals surface area contributed by atoms with E-state index in [0.29, 0.717) is 11.5 Å². The van der Waals surface area contributed by atoms with Crippen LogP contribution in [0.3, 0.4) is 0 Å². The van der Waals surface area contributed by atoms with Crippen molar-refractivity contribution in [2.75, 3.05) is 19.5 Å². The molecular weight excluding hydrogens is 380 g/mol. The number of nitrogens with one attached hydrogen (secondary N) is 3. The Morgan fingerprint density at radius 1 is 1.10 bits per heavy atom. The summed E-state index contributed by atoms with van der Waals surface area (Å²) in [6, 6.07) is 10.3. The number of nitro benzene ring substituents is 1. The van der Waals surface area contributed by atoms with Gasteiger partial charge in [0.1, 0.15) is 11.5 Å². The van der Waals surface area contributed by atoms with E-state index in [9.17, 15) is 19.7 Å². The maximum atomic E-state index is 12.3. The third-order valence-electron chi connectivity index (χ3n) is 3.72. The largest absolute Gasteiger partial charge is 0.497 e. The fourth-order valence-electron chi connectivity index (χ4n) is 2.34. The smallest absolute Gasteiger partial charge is 0.273 e. The van der Waals surface area contributed by atoms with Crippen LogP contribution >= 0.6 is 0 Å². The van der Waals surface area contributed by atoms with Crippen LogP contribution in [-0.2, 0) is 4.79 Å². The van der Waals surface area contributed by atoms with Gasteiger partial charge in [-0.15, -0.1) is 0 Å². The Hall–Kier alpha value is -4.08. The van der Waals surface area contributed by atoms with Gasteiger partial charge < -0.3 is 20.2 Å². The summed E-state index contributed by atoms with van der Waals surface area (Å²) >= 11 is 0. The standard InChI is InChI=1S/C19H20N4O6/c1-12(9-18(24)20-13-5-4-6-14(10-13)23(26)27)21-22-19(25)16-8-7-15(28-2)11-17(16)29-3/h4-8,10-11,21H,1,9H2,2-3H3,(H,20,24)(H,22,25). The average Bonchev–Trinajstić information content (AvgIpc) is 2.71. The third kappa shape index (κ3) is 5.96. The molecule has 2 aromatic rings. The Bertz CT molecular complexity index is 944. The highest BCUT2D eigenvalue weighted by Crippen LogP contribution is 2.24. The predicted molar refractivity (Wildman–Crippen MR) is 106 cm³/mol. The molecule has 0 bridgehead atoms. The fourth-order valence-corrected chi connectivity index (χ4v) is 2.34. The van der Waals surface area contributed by atoms with E-state index in [1.54, 1.807) is 12.1 Å². The maximum Gasteiger partial charge on any atom is 0.273 e. The maximum absolute atomic E-state index is 12.3. The molecule has 0 saturated heterocycles. The molecule has 2 rings (SSSR count). The van der Waals surface area contributed by atoms with Crippen LogP contribution in [-0.4, -0.2) is 31.0 Å². The molecule has 0 aromatic heterocycles. The quantitative estimate of drug-likeness (QED) is 0.435. The summed E-state index contributed by atoms with van der Waals surface area (Å²) in [5.41, 5.74) is 5.60. The Kier molecular flexibility index (Phi) is 7.13. The van der Waals surface area contributed by atoms with Gasteiger partial charge in [0.15, 0.2) is 0 Å². The van der Waals surface area contributed by atoms with Gasteiger partial charge in [-0.1, -0.05) is 12.6 Å². The molecule has 10 heteroatoms. The van der Waals surface area contributed by atoms with Crippen molar-refractivity contribution in [1.82, 2.24) is 10.9 Å². The molecular formula is C19H20N4O6. The lowest BCUT2D eigenvalue weighted by atomic mass is 10.2. The number of ether oxygens (including phenoxy) is 2. The highest BCUT2D eigenvalue weighted by Gasteiger charge is 2.14. The molecule has 29 heavy (non-hydrogen) atoms. The van der Waals surface area contributed by atoms with Gasteiger partial charge in [0.25, 0.3) is 11.6 Å². The van der Waals surface area contributed by atoms with Gasteiger partial charge in [0.2, 0.25) is 5.91 Å². The van der Waals surface area contributed by atoms with Crippen LogP contribution in [0, 0.1) is 10.1 Å². The zero-order chi connectivity index (χ0) is 21.4. The summed E-state index contributed by atoms with van der Waals surface area (Å²) < 4.78 is 10.2. The summed E-state index contributed by atoms with van der Waals surface area (Å²) in [5.74, 6) is -0.102. The fraction of sp³-hybridized carbons (Fsp3) is 0.158. The van der Waals surface area contributed by atoms with Gasteiger partial charge in [-0.2, -0.15) is 0 Å². The molecule has 0 aliphatic carbocycles. The number of hydrogen-bond donors (Lipinski definition) is 3. The minimum Gasteiger partial charge on any atom is -0.497 e. The predicted octanol–water partition coefficient (Wildman–Crippen LogP) is 2.39. The van der Waals surface area contributed by atoms with Gasteiger partial charge in [0, 0.05) is 29.6 Å². The number of methoxy groups -OCH3 is 2. The molecule has 0 unspecified atom stereocenters. The number of nitrogens with zero attached hydrogens (tertiary/aromatic N) is 1. The Balaban J connectivity index is 1.89. The molecule has 0 fully saturated rings. The first-order chi connectivity index (χ1) is 13.8. The van der Waals surface area contributed by atoms with Crippen molar-refractivity contribution >= 4 is 23.2 Å². The van der Waals surface area contributed by atoms with Gasteiger partial charge in [-0.25, -0.2) is 0 Å². The molecule has 3 N–H and O–H groups in total. The Labute approximate surface area is 166 Å². The average molecular weight is 400 g/mol. The van der Waals surface area contributed by atoms with E-state index in [1.807, 2.05) is 0 Å². The van der Waals surface area contributed by atoms with Crippen molar-refractivity contribution in [3.63, 3.8) is 0 Å². The minimum atomic E-state index is -0.556. The van der Waals surface area contributed by atoms with Crippen molar-refractivity contribution in [1.29, 1.82) is 0 Å². The van der Waals surface area contributed by atoms with E-state index in [-0.39, 0.29) is 29.1 Å². The van der Waals surface area contributed by atoms with Crippen molar-refractivity contribution in [3.05, 3.63) is 70.4 Å². The number of nitro groups is 1. The number of anilines is 1. The summed E-state index contributed by atoms with van der Waals surface area (Å²) in [4.78, 5) is 34.6. The molecule has 0 spiro atoms. The number of hydrogen-bond acceptors (Lipinski definition) is 7. The van der Waals surface area contributed by atoms with E-state index in [4.69, 9.17) is 9.47 Å². The van der Waals surface area contributed by atoms with Crippen LogP contribution < -0.4 is 25.6 Å². The summed E-state index contributed by atoms with van der Waals surface area (Å²) in [5, 5.41) is 13.3. The zero-order valence-corrected chi connectivity index (χ0v) is 15.9. The molecule has 2 aromatic carbocycles. The molecule has 0 aliphatic rings. The molecule has 0 saturated carbocycles. The van der Waals surface area contributed by atoms with Crippen molar-refractivity contribution in [2.24, 2.45) is 0 Å². The van der Waals surface area contributed by atoms with Crippen LogP contribution in [0.4, 0.5) is 11.4 Å². The first kappa shape index (κ1) is 21.2. The second kappa shape index (κ2) is 9.74. The molecule has 2 amide bonds. The SMILES string of the molecule is C=C(CC(=O)Nc1cccc([N+](=O)[O-])c1)NNC(=O)c1ccc(OC)cc1OC. The number of hydrazine groups is 1. The lowest BCUT2D eigenvalue weighted by Gasteiger charge is -2.13. The number of benzene rings is 2. The third-order valence-corrected chi connectivity index (χ3v) is 3.72. The number of amides is 2. The molecule has 0 atom stereocenters. The van der Waals surface area contributed by atoms with E-state index in [0.717, 1.165) is 0 Å². The number of carbonyl (C=O) groups is 2. The lowest BCUT2D eigenvalue weighted by Crippen LogP contribution is -2.37. The van der Waals surface area contributed by atoms with Crippen LogP contribution in [0.1, 0.15) is 16.8 Å². The lowest BCUT2D eigenvalue weighted by molar-refractivity contribution is -0.384. The number of non-ortho nitro benzene ring substituents is 1. The first-order valence-corrected chi connectivity index (χ1v) is 8.34. The molecule has 10 nitrogen and oxygen atoms in total. The number of carbonyl (C=O) groups excluding carboxylic acids is 2. The number of rotatable bonds is 9. The second-order valence-corrected chi connectivity index (χ2v) is 5.78. The minimum absolute atomic E-state index is 0.138. The van der Waals surface area contributed by atoms with Crippen LogP contribution in [0.15, 0.2) is 54.7 Å². The van der Waals surface area contributed by atoms with E-state index in [1.165, 1.54) is 44.6 Å². The molecule has 0 aliphatic heterocycles. The zero-order valence-electron chi connectivity index (χ0n) is 15.9. The van der Waals surface area contributed by atoms with Gasteiger partial charge in [-0.3, -0.25) is 25.1 Å². The van der Waals surface area contributed by atoms with Crippen molar-refractivity contribution in [2.45, 2.75) is 6.42 Å².